The Kier molecular flexibility index (Phi) is 6.68. The van der Waals surface area contributed by atoms with Gasteiger partial charge >= 0.3 is 6.09 Å². The monoisotopic (exact) mass is 265 g/mol. The molecular formula is C16H27NO2. The molecule has 1 rings (SSSR count). The maximum atomic E-state index is 12.0. The van der Waals surface area contributed by atoms with Gasteiger partial charge in [0.2, 0.25) is 0 Å². The van der Waals surface area contributed by atoms with Gasteiger partial charge < -0.3 is 9.64 Å². The van der Waals surface area contributed by atoms with Crippen molar-refractivity contribution < 1.29 is 9.53 Å². The van der Waals surface area contributed by atoms with Crippen molar-refractivity contribution in [3.8, 4) is 0 Å². The van der Waals surface area contributed by atoms with Crippen LogP contribution in [0.15, 0.2) is 23.8 Å². The minimum Gasteiger partial charge on any atom is -0.447 e. The summed E-state index contributed by atoms with van der Waals surface area (Å²) < 4.78 is 5.27. The maximum Gasteiger partial charge on any atom is 0.410 e. The van der Waals surface area contributed by atoms with Crippen molar-refractivity contribution in [1.29, 1.82) is 0 Å². The highest BCUT2D eigenvalue weighted by Gasteiger charge is 2.18. The molecule has 1 aliphatic carbocycles. The van der Waals surface area contributed by atoms with Gasteiger partial charge in [0, 0.05) is 12.6 Å². The van der Waals surface area contributed by atoms with Gasteiger partial charge in [-0.1, -0.05) is 23.8 Å². The van der Waals surface area contributed by atoms with Crippen LogP contribution in [0.5, 0.6) is 0 Å². The van der Waals surface area contributed by atoms with Crippen LogP contribution in [-0.4, -0.2) is 29.7 Å². The molecule has 0 aliphatic heterocycles. The molecule has 108 valence electrons. The lowest BCUT2D eigenvalue weighted by Gasteiger charge is -2.27. The molecule has 0 heterocycles. The lowest BCUT2D eigenvalue weighted by molar-refractivity contribution is 0.0675. The van der Waals surface area contributed by atoms with E-state index in [2.05, 4.69) is 18.2 Å². The van der Waals surface area contributed by atoms with Gasteiger partial charge in [0.05, 0.1) is 6.10 Å². The number of ether oxygens (including phenoxy) is 1. The van der Waals surface area contributed by atoms with E-state index in [-0.39, 0.29) is 18.2 Å². The predicted molar refractivity (Wildman–Crippen MR) is 79.2 cm³/mol. The number of carbonyl (C=O) groups excluding carboxylic acids is 1. The molecule has 0 saturated heterocycles. The number of nitrogens with zero attached hydrogens (tertiary/aromatic N) is 1. The Hall–Kier alpha value is -1.25. The van der Waals surface area contributed by atoms with Crippen LogP contribution in [0.2, 0.25) is 0 Å². The minimum atomic E-state index is -0.196. The van der Waals surface area contributed by atoms with Crippen LogP contribution in [0.25, 0.3) is 0 Å². The third kappa shape index (κ3) is 5.95. The van der Waals surface area contributed by atoms with Crippen LogP contribution in [0.1, 0.15) is 53.4 Å². The van der Waals surface area contributed by atoms with Crippen molar-refractivity contribution in [2.75, 3.05) is 6.54 Å². The second kappa shape index (κ2) is 8.03. The van der Waals surface area contributed by atoms with E-state index in [0.717, 1.165) is 32.2 Å². The normalized spacial score (nSPS) is 14.7. The summed E-state index contributed by atoms with van der Waals surface area (Å²) in [5, 5.41) is 0. The molecule has 0 spiro atoms. The van der Waals surface area contributed by atoms with Crippen molar-refractivity contribution in [1.82, 2.24) is 4.90 Å². The van der Waals surface area contributed by atoms with E-state index in [1.807, 2.05) is 32.6 Å². The molecule has 0 aromatic heterocycles. The maximum absolute atomic E-state index is 12.0. The van der Waals surface area contributed by atoms with Gasteiger partial charge in [-0.25, -0.2) is 4.79 Å². The highest BCUT2D eigenvalue weighted by atomic mass is 16.6. The third-order valence-corrected chi connectivity index (χ3v) is 3.13. The van der Waals surface area contributed by atoms with Crippen molar-refractivity contribution in [2.45, 2.75) is 65.5 Å². The quantitative estimate of drug-likeness (QED) is 0.716. The van der Waals surface area contributed by atoms with Crippen LogP contribution in [0, 0.1) is 0 Å². The third-order valence-electron chi connectivity index (χ3n) is 3.13. The van der Waals surface area contributed by atoms with E-state index in [9.17, 15) is 4.79 Å². The summed E-state index contributed by atoms with van der Waals surface area (Å²) in [7, 11) is 0. The molecule has 3 heteroatoms. The van der Waals surface area contributed by atoms with Gasteiger partial charge in [0.1, 0.15) is 0 Å². The second-order valence-corrected chi connectivity index (χ2v) is 5.58. The zero-order chi connectivity index (χ0) is 14.3. The number of amides is 1. The number of allylic oxidation sites excluding steroid dienone is 4. The topological polar surface area (TPSA) is 29.5 Å². The predicted octanol–water partition coefficient (Wildman–Crippen LogP) is 4.30. The number of hydrogen-bond donors (Lipinski definition) is 0. The van der Waals surface area contributed by atoms with Crippen molar-refractivity contribution in [3.63, 3.8) is 0 Å². The molecular weight excluding hydrogens is 238 g/mol. The summed E-state index contributed by atoms with van der Waals surface area (Å²) in [6.07, 6.45) is 10.8. The summed E-state index contributed by atoms with van der Waals surface area (Å²) in [5.41, 5.74) is 1.40. The van der Waals surface area contributed by atoms with Crippen molar-refractivity contribution in [3.05, 3.63) is 23.8 Å². The molecule has 0 aromatic rings. The summed E-state index contributed by atoms with van der Waals surface area (Å²) in [6.45, 7) is 8.58. The van der Waals surface area contributed by atoms with E-state index < -0.39 is 0 Å². The zero-order valence-electron chi connectivity index (χ0n) is 12.7. The highest BCUT2D eigenvalue weighted by Crippen LogP contribution is 2.16. The van der Waals surface area contributed by atoms with Crippen molar-refractivity contribution in [2.24, 2.45) is 0 Å². The van der Waals surface area contributed by atoms with Crippen LogP contribution in [0.3, 0.4) is 0 Å². The molecule has 3 nitrogen and oxygen atoms in total. The molecule has 0 unspecified atom stereocenters. The summed E-state index contributed by atoms with van der Waals surface area (Å²) >= 11 is 0. The lowest BCUT2D eigenvalue weighted by Crippen LogP contribution is -2.39. The van der Waals surface area contributed by atoms with E-state index in [1.54, 1.807) is 0 Å². The Labute approximate surface area is 117 Å². The zero-order valence-corrected chi connectivity index (χ0v) is 12.7. The van der Waals surface area contributed by atoms with Gasteiger partial charge in [0.25, 0.3) is 0 Å². The first kappa shape index (κ1) is 15.8. The fraction of sp³-hybridized carbons (Fsp3) is 0.688. The second-order valence-electron chi connectivity index (χ2n) is 5.58. The Morgan fingerprint density at radius 1 is 1.32 bits per heavy atom. The number of rotatable bonds is 6. The molecule has 0 bridgehead atoms. The first-order valence-corrected chi connectivity index (χ1v) is 7.33. The molecule has 0 radical (unpaired) electrons. The molecule has 19 heavy (non-hydrogen) atoms. The summed E-state index contributed by atoms with van der Waals surface area (Å²) in [5.74, 6) is 0. The fourth-order valence-electron chi connectivity index (χ4n) is 2.14. The Bertz CT molecular complexity index is 343. The first-order valence-electron chi connectivity index (χ1n) is 7.33. The van der Waals surface area contributed by atoms with E-state index in [1.165, 1.54) is 5.57 Å². The molecule has 0 atom stereocenters. The van der Waals surface area contributed by atoms with Crippen LogP contribution >= 0.6 is 0 Å². The van der Waals surface area contributed by atoms with Crippen LogP contribution in [0.4, 0.5) is 4.79 Å². The molecule has 1 aliphatic rings. The Balaban J connectivity index is 2.39. The smallest absolute Gasteiger partial charge is 0.410 e. The standard InChI is InChI=1S/C16H27NO2/c1-13(2)17(16(18)19-14(3)4)12-8-11-15-9-6-5-7-10-15/h6,9-10,13-14H,5,7-8,11-12H2,1-4H3. The summed E-state index contributed by atoms with van der Waals surface area (Å²) in [4.78, 5) is 13.8. The molecule has 0 aromatic carbocycles. The molecule has 1 amide bonds. The average molecular weight is 265 g/mol. The first-order chi connectivity index (χ1) is 9.00. The van der Waals surface area contributed by atoms with E-state index in [4.69, 9.17) is 4.74 Å². The number of hydrogen-bond acceptors (Lipinski definition) is 2. The highest BCUT2D eigenvalue weighted by molar-refractivity contribution is 5.68. The van der Waals surface area contributed by atoms with Gasteiger partial charge in [0.15, 0.2) is 0 Å². The van der Waals surface area contributed by atoms with Gasteiger partial charge in [-0.2, -0.15) is 0 Å². The minimum absolute atomic E-state index is 0.0577. The largest absolute Gasteiger partial charge is 0.447 e. The van der Waals surface area contributed by atoms with Crippen molar-refractivity contribution >= 4 is 6.09 Å². The lowest BCUT2D eigenvalue weighted by atomic mass is 10.0. The van der Waals surface area contributed by atoms with Gasteiger partial charge in [-0.15, -0.1) is 0 Å². The summed E-state index contributed by atoms with van der Waals surface area (Å²) in [6, 6.07) is 0.183. The molecule has 0 fully saturated rings. The van der Waals surface area contributed by atoms with Gasteiger partial charge in [-0.05, 0) is 53.4 Å². The number of carbonyl (C=O) groups is 1. The fourth-order valence-corrected chi connectivity index (χ4v) is 2.14. The van der Waals surface area contributed by atoms with Crippen LogP contribution in [-0.2, 0) is 4.74 Å². The SMILES string of the molecule is CC(C)OC(=O)N(CCCC1=CCCC=C1)C(C)C. The van der Waals surface area contributed by atoms with Crippen LogP contribution < -0.4 is 0 Å². The Morgan fingerprint density at radius 3 is 2.58 bits per heavy atom. The molecule has 0 saturated carbocycles. The molecule has 0 N–H and O–H groups in total. The van der Waals surface area contributed by atoms with E-state index >= 15 is 0 Å². The van der Waals surface area contributed by atoms with Gasteiger partial charge in [-0.3, -0.25) is 0 Å². The average Bonchev–Trinajstić information content (AvgIpc) is 2.34. The Morgan fingerprint density at radius 2 is 2.05 bits per heavy atom. The van der Waals surface area contributed by atoms with E-state index in [0.29, 0.717) is 0 Å².